The predicted molar refractivity (Wildman–Crippen MR) is 137 cm³/mol. The Morgan fingerprint density at radius 3 is 1.00 bits per heavy atom. The molecule has 3 nitrogen and oxygen atoms in total. The first kappa shape index (κ1) is 18.8. The number of nitrogens with zero attached hydrogens (tertiary/aromatic N) is 3. The zero-order chi connectivity index (χ0) is 22.3. The van der Waals surface area contributed by atoms with E-state index in [0.29, 0.717) is 0 Å². The largest absolute Gasteiger partial charge is 0.347 e. The fourth-order valence-electron chi connectivity index (χ4n) is 6.34. The molecule has 0 amide bonds. The average molecular weight is 430 g/mol. The molecule has 3 aromatic carbocycles. The Morgan fingerprint density at radius 2 is 0.697 bits per heavy atom. The number of aromatic nitrogens is 3. The molecule has 0 saturated carbocycles. The molecule has 1 aliphatic carbocycles. The van der Waals surface area contributed by atoms with Crippen LogP contribution in [-0.2, 0) is 40.4 Å². The van der Waals surface area contributed by atoms with E-state index in [1.807, 2.05) is 0 Å². The molecule has 0 radical (unpaired) electrons. The fraction of sp³-hybridized carbons (Fsp3) is 0.200. The van der Waals surface area contributed by atoms with Crippen LogP contribution in [0.25, 0.3) is 32.7 Å². The lowest BCUT2D eigenvalue weighted by molar-refractivity contribution is 0.843. The van der Waals surface area contributed by atoms with E-state index >= 15 is 0 Å². The van der Waals surface area contributed by atoms with Gasteiger partial charge in [-0.25, -0.2) is 0 Å². The number of fused-ring (bicyclic) bond motifs is 9. The lowest BCUT2D eigenvalue weighted by Gasteiger charge is -2.09. The maximum atomic E-state index is 2.43. The summed E-state index contributed by atoms with van der Waals surface area (Å²) in [4.78, 5) is 0. The van der Waals surface area contributed by atoms with E-state index in [1.165, 1.54) is 66.5 Å². The van der Waals surface area contributed by atoms with Crippen molar-refractivity contribution in [2.24, 2.45) is 21.1 Å². The summed E-state index contributed by atoms with van der Waals surface area (Å²) in [6, 6.07) is 26.7. The van der Waals surface area contributed by atoms with E-state index in [-0.39, 0.29) is 0 Å². The first-order valence-corrected chi connectivity index (χ1v) is 11.8. The highest BCUT2D eigenvalue weighted by Crippen LogP contribution is 2.39. The molecular formula is C30H27N3. The van der Waals surface area contributed by atoms with E-state index in [0.717, 1.165) is 19.3 Å². The second-order valence-electron chi connectivity index (χ2n) is 9.53. The standard InChI is InChI=1S/C30H27N3/c1-31-25-13-7-4-10-19(25)22-17-29-24(21-12-6-9-15-27(21)32(29)2)18-30-23(16-28(22)31)20-11-5-8-14-26(20)33(30)3/h4-15H,16-18H2,1-3H3. The van der Waals surface area contributed by atoms with E-state index in [2.05, 4.69) is 108 Å². The molecule has 33 heavy (non-hydrogen) atoms. The summed E-state index contributed by atoms with van der Waals surface area (Å²) in [6.07, 6.45) is 2.88. The Kier molecular flexibility index (Phi) is 3.79. The van der Waals surface area contributed by atoms with Crippen LogP contribution in [0.2, 0.25) is 0 Å². The van der Waals surface area contributed by atoms with E-state index in [9.17, 15) is 0 Å². The van der Waals surface area contributed by atoms with Gasteiger partial charge in [-0.3, -0.25) is 0 Å². The van der Waals surface area contributed by atoms with Crippen molar-refractivity contribution in [3.8, 4) is 0 Å². The fourth-order valence-corrected chi connectivity index (χ4v) is 6.34. The molecule has 162 valence electrons. The quantitative estimate of drug-likeness (QED) is 0.271. The Bertz CT molecular complexity index is 1520. The number of aryl methyl sites for hydroxylation is 3. The molecule has 6 aromatic rings. The van der Waals surface area contributed by atoms with Gasteiger partial charge < -0.3 is 13.7 Å². The number of benzene rings is 3. The monoisotopic (exact) mass is 429 g/mol. The summed E-state index contributed by atoms with van der Waals surface area (Å²) in [5.41, 5.74) is 12.7. The highest BCUT2D eigenvalue weighted by molar-refractivity contribution is 5.91. The molecule has 0 unspecified atom stereocenters. The van der Waals surface area contributed by atoms with Crippen molar-refractivity contribution in [2.45, 2.75) is 19.3 Å². The average Bonchev–Trinajstić information content (AvgIpc) is 3.39. The van der Waals surface area contributed by atoms with Gasteiger partial charge in [-0.05, 0) is 34.9 Å². The summed E-state index contributed by atoms with van der Waals surface area (Å²) in [5.74, 6) is 0. The number of hydrogen-bond donors (Lipinski definition) is 0. The third-order valence-electron chi connectivity index (χ3n) is 8.06. The molecule has 0 spiro atoms. The van der Waals surface area contributed by atoms with Crippen molar-refractivity contribution in [1.29, 1.82) is 0 Å². The van der Waals surface area contributed by atoms with Crippen LogP contribution in [0.4, 0.5) is 0 Å². The maximum Gasteiger partial charge on any atom is 0.0483 e. The zero-order valence-electron chi connectivity index (χ0n) is 19.4. The van der Waals surface area contributed by atoms with Gasteiger partial charge in [0, 0.05) is 90.2 Å². The third-order valence-corrected chi connectivity index (χ3v) is 8.06. The van der Waals surface area contributed by atoms with Gasteiger partial charge in [-0.15, -0.1) is 0 Å². The smallest absolute Gasteiger partial charge is 0.0483 e. The van der Waals surface area contributed by atoms with Gasteiger partial charge in [-0.1, -0.05) is 54.6 Å². The first-order valence-electron chi connectivity index (χ1n) is 11.8. The predicted octanol–water partition coefficient (Wildman–Crippen LogP) is 6.25. The summed E-state index contributed by atoms with van der Waals surface area (Å²) < 4.78 is 7.30. The van der Waals surface area contributed by atoms with Crippen molar-refractivity contribution < 1.29 is 0 Å². The molecule has 7 rings (SSSR count). The van der Waals surface area contributed by atoms with Crippen molar-refractivity contribution in [3.63, 3.8) is 0 Å². The van der Waals surface area contributed by atoms with Crippen molar-refractivity contribution in [1.82, 2.24) is 13.7 Å². The molecule has 3 heteroatoms. The van der Waals surface area contributed by atoms with Crippen LogP contribution in [0.1, 0.15) is 33.8 Å². The molecule has 0 fully saturated rings. The second kappa shape index (κ2) is 6.64. The zero-order valence-corrected chi connectivity index (χ0v) is 19.4. The van der Waals surface area contributed by atoms with Crippen LogP contribution in [0, 0.1) is 0 Å². The van der Waals surface area contributed by atoms with Gasteiger partial charge in [0.15, 0.2) is 0 Å². The Balaban J connectivity index is 1.65. The van der Waals surface area contributed by atoms with Crippen LogP contribution in [0.5, 0.6) is 0 Å². The van der Waals surface area contributed by atoms with Crippen LogP contribution < -0.4 is 0 Å². The first-order chi connectivity index (χ1) is 16.1. The molecule has 0 bridgehead atoms. The third kappa shape index (κ3) is 2.45. The SMILES string of the molecule is Cn1c2c(c3ccccc31)Cc1c(c3ccccc3n1C)Cc1c(c3ccccc3n1C)C2. The maximum absolute atomic E-state index is 2.43. The summed E-state index contributed by atoms with van der Waals surface area (Å²) in [6.45, 7) is 0. The van der Waals surface area contributed by atoms with Gasteiger partial charge in [-0.2, -0.15) is 0 Å². The van der Waals surface area contributed by atoms with Crippen molar-refractivity contribution >= 4 is 32.7 Å². The minimum Gasteiger partial charge on any atom is -0.347 e. The number of hydrogen-bond acceptors (Lipinski definition) is 0. The van der Waals surface area contributed by atoms with Gasteiger partial charge >= 0.3 is 0 Å². The van der Waals surface area contributed by atoms with Crippen LogP contribution >= 0.6 is 0 Å². The molecular weight excluding hydrogens is 402 g/mol. The van der Waals surface area contributed by atoms with Crippen LogP contribution in [0.15, 0.2) is 72.8 Å². The van der Waals surface area contributed by atoms with Crippen LogP contribution in [0.3, 0.4) is 0 Å². The van der Waals surface area contributed by atoms with Gasteiger partial charge in [0.05, 0.1) is 0 Å². The van der Waals surface area contributed by atoms with Crippen molar-refractivity contribution in [3.05, 3.63) is 107 Å². The summed E-state index contributed by atoms with van der Waals surface area (Å²) in [7, 11) is 6.73. The van der Waals surface area contributed by atoms with E-state index in [4.69, 9.17) is 0 Å². The highest BCUT2D eigenvalue weighted by atomic mass is 15.0. The molecule has 1 aliphatic rings. The molecule has 0 saturated heterocycles. The van der Waals surface area contributed by atoms with Gasteiger partial charge in [0.25, 0.3) is 0 Å². The molecule has 3 aromatic heterocycles. The molecule has 0 aliphatic heterocycles. The number of para-hydroxylation sites is 3. The Hall–Kier alpha value is -3.72. The molecule has 3 heterocycles. The topological polar surface area (TPSA) is 14.8 Å². The Morgan fingerprint density at radius 1 is 0.424 bits per heavy atom. The highest BCUT2D eigenvalue weighted by Gasteiger charge is 2.26. The van der Waals surface area contributed by atoms with Gasteiger partial charge in [0.2, 0.25) is 0 Å². The minimum atomic E-state index is 0.961. The van der Waals surface area contributed by atoms with E-state index in [1.54, 1.807) is 0 Å². The van der Waals surface area contributed by atoms with E-state index < -0.39 is 0 Å². The molecule has 0 atom stereocenters. The molecule has 0 N–H and O–H groups in total. The lowest BCUT2D eigenvalue weighted by atomic mass is 10.0. The summed E-state index contributed by atoms with van der Waals surface area (Å²) >= 11 is 0. The number of rotatable bonds is 0. The lowest BCUT2D eigenvalue weighted by Crippen LogP contribution is -2.03. The van der Waals surface area contributed by atoms with Crippen molar-refractivity contribution in [2.75, 3.05) is 0 Å². The second-order valence-corrected chi connectivity index (χ2v) is 9.53. The van der Waals surface area contributed by atoms with Gasteiger partial charge in [0.1, 0.15) is 0 Å². The summed E-state index contributed by atoms with van der Waals surface area (Å²) in [5, 5.41) is 4.15. The minimum absolute atomic E-state index is 0.961. The Labute approximate surface area is 193 Å². The normalized spacial score (nSPS) is 13.5. The van der Waals surface area contributed by atoms with Crippen LogP contribution in [-0.4, -0.2) is 13.7 Å².